The third-order valence-electron chi connectivity index (χ3n) is 3.34. The molecule has 0 saturated heterocycles. The van der Waals surface area contributed by atoms with Gasteiger partial charge in [0.05, 0.1) is 5.69 Å². The van der Waals surface area contributed by atoms with E-state index >= 15 is 0 Å². The van der Waals surface area contributed by atoms with E-state index in [1.807, 2.05) is 6.07 Å². The van der Waals surface area contributed by atoms with Crippen molar-refractivity contribution in [2.24, 2.45) is 0 Å². The highest BCUT2D eigenvalue weighted by Gasteiger charge is 2.14. The highest BCUT2D eigenvalue weighted by Crippen LogP contribution is 2.30. The summed E-state index contributed by atoms with van der Waals surface area (Å²) >= 11 is 0. The van der Waals surface area contributed by atoms with Gasteiger partial charge in [0, 0.05) is 19.3 Å². The molecule has 4 heteroatoms. The second-order valence-corrected chi connectivity index (χ2v) is 4.96. The van der Waals surface area contributed by atoms with Gasteiger partial charge >= 0.3 is 0 Å². The van der Waals surface area contributed by atoms with Gasteiger partial charge in [-0.1, -0.05) is 25.1 Å². The van der Waals surface area contributed by atoms with Gasteiger partial charge in [0.1, 0.15) is 11.6 Å². The Balaban J connectivity index is 2.32. The van der Waals surface area contributed by atoms with Crippen LogP contribution in [-0.4, -0.2) is 13.6 Å². The van der Waals surface area contributed by atoms with Crippen molar-refractivity contribution in [3.63, 3.8) is 0 Å². The Morgan fingerprint density at radius 3 is 2.57 bits per heavy atom. The minimum atomic E-state index is -0.332. The molecule has 0 heterocycles. The average molecular weight is 290 g/mol. The fraction of sp³-hybridized carbons (Fsp3) is 0.294. The van der Waals surface area contributed by atoms with E-state index in [0.717, 1.165) is 18.5 Å². The molecule has 0 spiro atoms. The van der Waals surface area contributed by atoms with Crippen molar-refractivity contribution in [1.82, 2.24) is 5.32 Å². The monoisotopic (exact) mass is 290 g/mol. The van der Waals surface area contributed by atoms with Crippen LogP contribution in [0, 0.1) is 11.6 Å². The van der Waals surface area contributed by atoms with Gasteiger partial charge in [-0.15, -0.1) is 0 Å². The number of hydrogen-bond acceptors (Lipinski definition) is 2. The predicted octanol–water partition coefficient (Wildman–Crippen LogP) is 4.23. The molecule has 2 nitrogen and oxygen atoms in total. The van der Waals surface area contributed by atoms with Crippen LogP contribution in [0.2, 0.25) is 0 Å². The van der Waals surface area contributed by atoms with Crippen LogP contribution in [0.3, 0.4) is 0 Å². The lowest BCUT2D eigenvalue weighted by Gasteiger charge is -2.23. The summed E-state index contributed by atoms with van der Waals surface area (Å²) in [5.74, 6) is -0.640. The zero-order valence-electron chi connectivity index (χ0n) is 12.4. The van der Waals surface area contributed by atoms with E-state index < -0.39 is 0 Å². The number of nitrogens with one attached hydrogen (secondary N) is 1. The van der Waals surface area contributed by atoms with E-state index in [0.29, 0.717) is 17.9 Å². The van der Waals surface area contributed by atoms with E-state index in [1.165, 1.54) is 18.2 Å². The first-order valence-electron chi connectivity index (χ1n) is 7.11. The lowest BCUT2D eigenvalue weighted by Crippen LogP contribution is -2.19. The van der Waals surface area contributed by atoms with Gasteiger partial charge in [-0.3, -0.25) is 0 Å². The highest BCUT2D eigenvalue weighted by molar-refractivity contribution is 5.66. The molecule has 0 fully saturated rings. The Labute approximate surface area is 124 Å². The van der Waals surface area contributed by atoms with E-state index in [2.05, 4.69) is 12.2 Å². The second-order valence-electron chi connectivity index (χ2n) is 4.96. The lowest BCUT2D eigenvalue weighted by molar-refractivity contribution is 0.617. The summed E-state index contributed by atoms with van der Waals surface area (Å²) in [6.45, 7) is 3.54. The molecule has 0 atom stereocenters. The number of halogens is 2. The van der Waals surface area contributed by atoms with Gasteiger partial charge in [-0.2, -0.15) is 0 Å². The molecule has 2 aromatic rings. The molecule has 0 bridgehead atoms. The summed E-state index contributed by atoms with van der Waals surface area (Å²) in [7, 11) is 1.75. The summed E-state index contributed by atoms with van der Waals surface area (Å²) in [4.78, 5) is 1.68. The smallest absolute Gasteiger partial charge is 0.147 e. The number of hydrogen-bond donors (Lipinski definition) is 1. The average Bonchev–Trinajstić information content (AvgIpc) is 2.47. The molecule has 0 amide bonds. The lowest BCUT2D eigenvalue weighted by atomic mass is 10.1. The van der Waals surface area contributed by atoms with Crippen LogP contribution in [0.4, 0.5) is 20.2 Å². The first-order chi connectivity index (χ1) is 10.1. The molecular formula is C17H20F2N2. The largest absolute Gasteiger partial charge is 0.342 e. The number of para-hydroxylation sites is 1. The summed E-state index contributed by atoms with van der Waals surface area (Å²) in [5, 5.41) is 3.27. The molecule has 1 N–H and O–H groups in total. The molecular weight excluding hydrogens is 270 g/mol. The van der Waals surface area contributed by atoms with E-state index in [9.17, 15) is 8.78 Å². The van der Waals surface area contributed by atoms with E-state index in [-0.39, 0.29) is 11.6 Å². The van der Waals surface area contributed by atoms with Gasteiger partial charge in [-0.25, -0.2) is 8.78 Å². The van der Waals surface area contributed by atoms with Crippen molar-refractivity contribution in [3.05, 3.63) is 59.7 Å². The SMILES string of the molecule is CCCNCc1cccc(F)c1N(C)c1cccc(F)c1. The van der Waals surface area contributed by atoms with Gasteiger partial charge in [-0.05, 0) is 42.8 Å². The first kappa shape index (κ1) is 15.4. The number of rotatable bonds is 6. The van der Waals surface area contributed by atoms with Crippen LogP contribution >= 0.6 is 0 Å². The van der Waals surface area contributed by atoms with Gasteiger partial charge in [0.2, 0.25) is 0 Å². The Hall–Kier alpha value is -1.94. The maximum atomic E-state index is 14.2. The molecule has 0 saturated carbocycles. The molecule has 112 valence electrons. The molecule has 0 aromatic heterocycles. The van der Waals surface area contributed by atoms with E-state index in [1.54, 1.807) is 30.1 Å². The van der Waals surface area contributed by atoms with Crippen molar-refractivity contribution in [1.29, 1.82) is 0 Å². The molecule has 21 heavy (non-hydrogen) atoms. The van der Waals surface area contributed by atoms with Gasteiger partial charge in [0.15, 0.2) is 0 Å². The molecule has 2 rings (SSSR count). The van der Waals surface area contributed by atoms with Crippen molar-refractivity contribution < 1.29 is 8.78 Å². The number of anilines is 2. The first-order valence-corrected chi connectivity index (χ1v) is 7.11. The Morgan fingerprint density at radius 1 is 1.10 bits per heavy atom. The molecule has 0 aliphatic carbocycles. The molecule has 2 aromatic carbocycles. The minimum absolute atomic E-state index is 0.308. The molecule has 0 aliphatic heterocycles. The summed E-state index contributed by atoms with van der Waals surface area (Å²) < 4.78 is 27.6. The Morgan fingerprint density at radius 2 is 1.86 bits per heavy atom. The van der Waals surface area contributed by atoms with Crippen LogP contribution in [0.5, 0.6) is 0 Å². The maximum absolute atomic E-state index is 14.2. The van der Waals surface area contributed by atoms with Crippen molar-refractivity contribution >= 4 is 11.4 Å². The van der Waals surface area contributed by atoms with Gasteiger partial charge in [0.25, 0.3) is 0 Å². The van der Waals surface area contributed by atoms with Crippen molar-refractivity contribution in [2.75, 3.05) is 18.5 Å². The fourth-order valence-electron chi connectivity index (χ4n) is 2.29. The summed E-state index contributed by atoms with van der Waals surface area (Å²) in [6, 6.07) is 11.2. The quantitative estimate of drug-likeness (QED) is 0.801. The molecule has 0 radical (unpaired) electrons. The zero-order chi connectivity index (χ0) is 15.2. The van der Waals surface area contributed by atoms with Gasteiger partial charge < -0.3 is 10.2 Å². The normalized spacial score (nSPS) is 10.7. The molecule has 0 unspecified atom stereocenters. The van der Waals surface area contributed by atoms with Crippen LogP contribution in [0.15, 0.2) is 42.5 Å². The van der Waals surface area contributed by atoms with Crippen molar-refractivity contribution in [3.8, 4) is 0 Å². The third kappa shape index (κ3) is 3.79. The predicted molar refractivity (Wildman–Crippen MR) is 82.9 cm³/mol. The second kappa shape index (κ2) is 7.18. The summed E-state index contributed by atoms with van der Waals surface area (Å²) in [6.07, 6.45) is 1.02. The van der Waals surface area contributed by atoms with Crippen LogP contribution in [0.1, 0.15) is 18.9 Å². The highest BCUT2D eigenvalue weighted by atomic mass is 19.1. The summed E-state index contributed by atoms with van der Waals surface area (Å²) in [5.41, 5.74) is 1.96. The van der Waals surface area contributed by atoms with Crippen molar-refractivity contribution in [2.45, 2.75) is 19.9 Å². The molecule has 0 aliphatic rings. The minimum Gasteiger partial charge on any atom is -0.342 e. The Bertz CT molecular complexity index is 599. The van der Waals surface area contributed by atoms with Crippen LogP contribution in [-0.2, 0) is 6.54 Å². The van der Waals surface area contributed by atoms with E-state index in [4.69, 9.17) is 0 Å². The fourth-order valence-corrected chi connectivity index (χ4v) is 2.29. The number of benzene rings is 2. The topological polar surface area (TPSA) is 15.3 Å². The number of nitrogens with zero attached hydrogens (tertiary/aromatic N) is 1. The maximum Gasteiger partial charge on any atom is 0.147 e. The zero-order valence-corrected chi connectivity index (χ0v) is 12.4. The van der Waals surface area contributed by atoms with Crippen LogP contribution in [0.25, 0.3) is 0 Å². The Kier molecular flexibility index (Phi) is 5.28. The van der Waals surface area contributed by atoms with Crippen LogP contribution < -0.4 is 10.2 Å². The third-order valence-corrected chi connectivity index (χ3v) is 3.34. The standard InChI is InChI=1S/C17H20F2N2/c1-3-10-20-12-13-6-4-9-16(19)17(13)21(2)15-8-5-7-14(18)11-15/h4-9,11,20H,3,10,12H2,1-2H3.